The van der Waals surface area contributed by atoms with E-state index in [1.165, 1.54) is 29.2 Å². The van der Waals surface area contributed by atoms with Gasteiger partial charge in [0.05, 0.1) is 16.4 Å². The van der Waals surface area contributed by atoms with Crippen LogP contribution in [0.15, 0.2) is 29.2 Å². The molecule has 2 rings (SSSR count). The van der Waals surface area contributed by atoms with Gasteiger partial charge in [0.2, 0.25) is 10.0 Å². The zero-order valence-electron chi connectivity index (χ0n) is 14.4. The molecule has 25 heavy (non-hydrogen) atoms. The summed E-state index contributed by atoms with van der Waals surface area (Å²) >= 11 is 0. The summed E-state index contributed by atoms with van der Waals surface area (Å²) in [6.07, 6.45) is 2.01. The van der Waals surface area contributed by atoms with Gasteiger partial charge in [-0.2, -0.15) is 0 Å². The van der Waals surface area contributed by atoms with Crippen LogP contribution in [0.4, 0.5) is 0 Å². The van der Waals surface area contributed by atoms with Crippen LogP contribution in [0.3, 0.4) is 0 Å². The number of hydrogen-bond acceptors (Lipinski definition) is 5. The van der Waals surface area contributed by atoms with E-state index in [4.69, 9.17) is 0 Å². The Morgan fingerprint density at radius 3 is 2.68 bits per heavy atom. The fraction of sp³-hybridized carbons (Fsp3) is 0.562. The van der Waals surface area contributed by atoms with Gasteiger partial charge in [-0.25, -0.2) is 21.6 Å². The molecule has 7 nitrogen and oxygen atoms in total. The number of carbonyl (C=O) groups is 1. The van der Waals surface area contributed by atoms with E-state index in [0.717, 1.165) is 12.8 Å². The van der Waals surface area contributed by atoms with Crippen molar-refractivity contribution in [1.82, 2.24) is 9.62 Å². The fourth-order valence-corrected chi connectivity index (χ4v) is 5.61. The Morgan fingerprint density at radius 1 is 1.36 bits per heavy atom. The molecule has 1 amide bonds. The van der Waals surface area contributed by atoms with Gasteiger partial charge in [0.25, 0.3) is 5.91 Å². The molecule has 1 N–H and O–H groups in total. The maximum Gasteiger partial charge on any atom is 0.253 e. The summed E-state index contributed by atoms with van der Waals surface area (Å²) in [5.74, 6) is -0.357. The average Bonchev–Trinajstić information content (AvgIpc) is 2.93. The third-order valence-corrected chi connectivity index (χ3v) is 7.50. The van der Waals surface area contributed by atoms with Gasteiger partial charge in [0, 0.05) is 25.2 Å². The summed E-state index contributed by atoms with van der Waals surface area (Å²) in [5, 5.41) is 0. The molecule has 1 heterocycles. The number of carbonyl (C=O) groups excluding carboxylic acids is 1. The van der Waals surface area contributed by atoms with E-state index < -0.39 is 19.9 Å². The lowest BCUT2D eigenvalue weighted by Crippen LogP contribution is -2.38. The summed E-state index contributed by atoms with van der Waals surface area (Å²) in [6.45, 7) is 2.31. The van der Waals surface area contributed by atoms with Crippen molar-refractivity contribution < 1.29 is 21.6 Å². The molecule has 0 saturated carbocycles. The molecule has 1 unspecified atom stereocenters. The van der Waals surface area contributed by atoms with Crippen molar-refractivity contribution in [2.24, 2.45) is 0 Å². The molecule has 1 aliphatic heterocycles. The third-order valence-electron chi connectivity index (χ3n) is 4.29. The van der Waals surface area contributed by atoms with Crippen molar-refractivity contribution in [3.63, 3.8) is 0 Å². The number of hydrogen-bond donors (Lipinski definition) is 1. The van der Waals surface area contributed by atoms with E-state index in [1.807, 2.05) is 6.92 Å². The SMILES string of the molecule is CCCCNS(=O)(=O)c1cccc(C(=O)N(C)C2CCS(=O)(=O)C2)c1. The highest BCUT2D eigenvalue weighted by molar-refractivity contribution is 7.91. The lowest BCUT2D eigenvalue weighted by Gasteiger charge is -2.23. The van der Waals surface area contributed by atoms with Crippen LogP contribution in [0, 0.1) is 0 Å². The number of nitrogens with one attached hydrogen (secondary N) is 1. The van der Waals surface area contributed by atoms with Gasteiger partial charge in [0.15, 0.2) is 9.84 Å². The third kappa shape index (κ3) is 5.02. The maximum atomic E-state index is 12.6. The first-order chi connectivity index (χ1) is 11.7. The van der Waals surface area contributed by atoms with E-state index in [1.54, 1.807) is 7.05 Å². The van der Waals surface area contributed by atoms with Gasteiger partial charge in [-0.15, -0.1) is 0 Å². The van der Waals surface area contributed by atoms with Crippen LogP contribution in [0.1, 0.15) is 36.5 Å². The minimum absolute atomic E-state index is 0.0295. The number of benzene rings is 1. The van der Waals surface area contributed by atoms with Gasteiger partial charge in [-0.05, 0) is 31.0 Å². The van der Waals surface area contributed by atoms with Gasteiger partial charge >= 0.3 is 0 Å². The predicted molar refractivity (Wildman–Crippen MR) is 95.7 cm³/mol. The molecule has 9 heteroatoms. The van der Waals surface area contributed by atoms with E-state index in [2.05, 4.69) is 4.72 Å². The molecule has 0 spiro atoms. The lowest BCUT2D eigenvalue weighted by atomic mass is 10.1. The Morgan fingerprint density at radius 2 is 2.08 bits per heavy atom. The monoisotopic (exact) mass is 388 g/mol. The molecule has 1 aromatic carbocycles. The topological polar surface area (TPSA) is 101 Å². The molecule has 1 fully saturated rings. The molecule has 0 radical (unpaired) electrons. The van der Waals surface area contributed by atoms with Crippen molar-refractivity contribution in [2.75, 3.05) is 25.1 Å². The Kier molecular flexibility index (Phi) is 6.23. The standard InChI is InChI=1S/C16H24N2O5S2/c1-3-4-9-17-25(22,23)15-7-5-6-13(11-15)16(19)18(2)14-8-10-24(20,21)12-14/h5-7,11,14,17H,3-4,8-10,12H2,1-2H3. The molecule has 0 bridgehead atoms. The summed E-state index contributed by atoms with van der Waals surface area (Å²) in [5.41, 5.74) is 0.227. The first-order valence-corrected chi connectivity index (χ1v) is 11.5. The van der Waals surface area contributed by atoms with Crippen molar-refractivity contribution in [3.8, 4) is 0 Å². The quantitative estimate of drug-likeness (QED) is 0.703. The highest BCUT2D eigenvalue weighted by Crippen LogP contribution is 2.20. The van der Waals surface area contributed by atoms with Crippen LogP contribution in [0.2, 0.25) is 0 Å². The number of sulfone groups is 1. The van der Waals surface area contributed by atoms with E-state index in [9.17, 15) is 21.6 Å². The van der Waals surface area contributed by atoms with Crippen LogP contribution in [0.25, 0.3) is 0 Å². The molecule has 1 atom stereocenters. The lowest BCUT2D eigenvalue weighted by molar-refractivity contribution is 0.0747. The summed E-state index contributed by atoms with van der Waals surface area (Å²) < 4.78 is 50.2. The molecular weight excluding hydrogens is 364 g/mol. The normalized spacial score (nSPS) is 19.7. The number of amides is 1. The second-order valence-corrected chi connectivity index (χ2v) is 10.2. The first kappa shape index (κ1) is 19.9. The average molecular weight is 389 g/mol. The molecule has 0 aromatic heterocycles. The Hall–Kier alpha value is -1.45. The van der Waals surface area contributed by atoms with Crippen LogP contribution >= 0.6 is 0 Å². The first-order valence-electron chi connectivity index (χ1n) is 8.23. The highest BCUT2D eigenvalue weighted by Gasteiger charge is 2.33. The maximum absolute atomic E-state index is 12.6. The fourth-order valence-electron chi connectivity index (χ4n) is 2.71. The zero-order chi connectivity index (χ0) is 18.7. The number of unbranched alkanes of at least 4 members (excludes halogenated alkanes) is 1. The number of sulfonamides is 1. The Labute approximate surface area is 149 Å². The van der Waals surface area contributed by atoms with E-state index in [0.29, 0.717) is 13.0 Å². The highest BCUT2D eigenvalue weighted by atomic mass is 32.2. The van der Waals surface area contributed by atoms with Crippen LogP contribution in [-0.2, 0) is 19.9 Å². The summed E-state index contributed by atoms with van der Waals surface area (Å²) in [7, 11) is -5.22. The van der Waals surface area contributed by atoms with Crippen molar-refractivity contribution >= 4 is 25.8 Å². The van der Waals surface area contributed by atoms with Crippen LogP contribution in [-0.4, -0.2) is 58.8 Å². The van der Waals surface area contributed by atoms with E-state index >= 15 is 0 Å². The van der Waals surface area contributed by atoms with E-state index in [-0.39, 0.29) is 33.9 Å². The molecule has 1 saturated heterocycles. The molecule has 0 aliphatic carbocycles. The summed E-state index contributed by atoms with van der Waals surface area (Å²) in [4.78, 5) is 14.0. The van der Waals surface area contributed by atoms with Gasteiger partial charge in [0.1, 0.15) is 0 Å². The zero-order valence-corrected chi connectivity index (χ0v) is 16.1. The Bertz CT molecular complexity index is 834. The van der Waals surface area contributed by atoms with Crippen LogP contribution in [0.5, 0.6) is 0 Å². The predicted octanol–water partition coefficient (Wildman–Crippen LogP) is 1.02. The molecule has 1 aromatic rings. The van der Waals surface area contributed by atoms with Crippen molar-refractivity contribution in [1.29, 1.82) is 0 Å². The van der Waals surface area contributed by atoms with Crippen LogP contribution < -0.4 is 4.72 Å². The number of rotatable bonds is 7. The van der Waals surface area contributed by atoms with Gasteiger partial charge in [-0.3, -0.25) is 4.79 Å². The Balaban J connectivity index is 2.16. The number of nitrogens with zero attached hydrogens (tertiary/aromatic N) is 1. The minimum atomic E-state index is -3.67. The second-order valence-electron chi connectivity index (χ2n) is 6.25. The smallest absolute Gasteiger partial charge is 0.253 e. The van der Waals surface area contributed by atoms with Crippen molar-refractivity contribution in [2.45, 2.75) is 37.1 Å². The molecular formula is C16H24N2O5S2. The largest absolute Gasteiger partial charge is 0.338 e. The van der Waals surface area contributed by atoms with Crippen molar-refractivity contribution in [3.05, 3.63) is 29.8 Å². The minimum Gasteiger partial charge on any atom is -0.338 e. The second kappa shape index (κ2) is 7.84. The van der Waals surface area contributed by atoms with Gasteiger partial charge in [-0.1, -0.05) is 19.4 Å². The summed E-state index contributed by atoms with van der Waals surface area (Å²) in [6, 6.07) is 5.44. The van der Waals surface area contributed by atoms with Gasteiger partial charge < -0.3 is 4.90 Å². The molecule has 140 valence electrons. The molecule has 1 aliphatic rings.